The average molecular weight is 459 g/mol. The van der Waals surface area contributed by atoms with Crippen LogP contribution in [-0.2, 0) is 11.3 Å². The van der Waals surface area contributed by atoms with E-state index in [0.717, 1.165) is 38.7 Å². The molecule has 0 aromatic heterocycles. The van der Waals surface area contributed by atoms with Crippen LogP contribution in [-0.4, -0.2) is 32.8 Å². The number of guanidine groups is 1. The Morgan fingerprint density at radius 2 is 2.00 bits per heavy atom. The van der Waals surface area contributed by atoms with Gasteiger partial charge in [-0.25, -0.2) is 0 Å². The number of ether oxygens (including phenoxy) is 1. The zero-order valence-electron chi connectivity index (χ0n) is 15.9. The number of nitrogens with zero attached hydrogens (tertiary/aromatic N) is 1. The first kappa shape index (κ1) is 22.2. The zero-order chi connectivity index (χ0) is 17.3. The van der Waals surface area contributed by atoms with Crippen molar-refractivity contribution < 1.29 is 4.74 Å². The summed E-state index contributed by atoms with van der Waals surface area (Å²) in [7, 11) is 1.84. The third-order valence-electron chi connectivity index (χ3n) is 5.04. The van der Waals surface area contributed by atoms with Crippen molar-refractivity contribution in [1.29, 1.82) is 0 Å². The number of nitrogens with one attached hydrogen (secondary N) is 2. The lowest BCUT2D eigenvalue weighted by atomic mass is 9.83. The van der Waals surface area contributed by atoms with Crippen molar-refractivity contribution >= 4 is 29.9 Å². The molecule has 0 aliphatic heterocycles. The van der Waals surface area contributed by atoms with Crippen molar-refractivity contribution in [3.05, 3.63) is 35.4 Å². The van der Waals surface area contributed by atoms with Crippen LogP contribution in [0.5, 0.6) is 0 Å². The molecule has 0 spiro atoms. The molecule has 0 radical (unpaired) electrons. The van der Waals surface area contributed by atoms with Gasteiger partial charge in [0, 0.05) is 33.4 Å². The van der Waals surface area contributed by atoms with Gasteiger partial charge in [-0.15, -0.1) is 24.0 Å². The summed E-state index contributed by atoms with van der Waals surface area (Å²) in [5.41, 5.74) is 2.94. The highest BCUT2D eigenvalue weighted by molar-refractivity contribution is 14.0. The van der Waals surface area contributed by atoms with Crippen LogP contribution in [0.4, 0.5) is 0 Å². The van der Waals surface area contributed by atoms with Gasteiger partial charge in [0.15, 0.2) is 5.96 Å². The number of hydrogen-bond acceptors (Lipinski definition) is 2. The van der Waals surface area contributed by atoms with Crippen molar-refractivity contribution in [3.8, 4) is 0 Å². The summed E-state index contributed by atoms with van der Waals surface area (Å²) in [6.07, 6.45) is 6.40. The first-order valence-electron chi connectivity index (χ1n) is 9.25. The van der Waals surface area contributed by atoms with Crippen molar-refractivity contribution in [2.45, 2.75) is 52.5 Å². The number of hydrogen-bond donors (Lipinski definition) is 2. The average Bonchev–Trinajstić information content (AvgIpc) is 3.04. The minimum absolute atomic E-state index is 0. The van der Waals surface area contributed by atoms with Gasteiger partial charge in [0.25, 0.3) is 0 Å². The summed E-state index contributed by atoms with van der Waals surface area (Å²) in [4.78, 5) is 4.38. The van der Waals surface area contributed by atoms with Gasteiger partial charge >= 0.3 is 0 Å². The Labute approximate surface area is 170 Å². The maximum absolute atomic E-state index is 5.60. The first-order valence-corrected chi connectivity index (χ1v) is 9.25. The molecular formula is C20H34IN3O. The van der Waals surface area contributed by atoms with Gasteiger partial charge in [0.05, 0.1) is 0 Å². The lowest BCUT2D eigenvalue weighted by Crippen LogP contribution is -2.43. The lowest BCUT2D eigenvalue weighted by molar-refractivity contribution is 0.105. The molecule has 1 aromatic rings. The number of rotatable bonds is 8. The Morgan fingerprint density at radius 3 is 2.64 bits per heavy atom. The first-order chi connectivity index (χ1) is 11.7. The van der Waals surface area contributed by atoms with Crippen LogP contribution in [0.1, 0.15) is 50.2 Å². The Morgan fingerprint density at radius 1 is 1.24 bits per heavy atom. The van der Waals surface area contributed by atoms with E-state index < -0.39 is 0 Å². The Hall–Kier alpha value is -0.820. The van der Waals surface area contributed by atoms with E-state index >= 15 is 0 Å². The van der Waals surface area contributed by atoms with E-state index in [2.05, 4.69) is 53.7 Å². The van der Waals surface area contributed by atoms with Crippen LogP contribution in [0, 0.1) is 12.3 Å². The maximum Gasteiger partial charge on any atom is 0.191 e. The molecular weight excluding hydrogens is 425 g/mol. The molecule has 142 valence electrons. The Balaban J connectivity index is 0.00000312. The minimum Gasteiger partial charge on any atom is -0.382 e. The SMILES string of the molecule is CCOCCC1(CNC(=NC)NCc2cccc(C)c2)CCCC1.I. The Kier molecular flexibility index (Phi) is 10.4. The number of benzene rings is 1. The van der Waals surface area contributed by atoms with E-state index in [4.69, 9.17) is 4.74 Å². The highest BCUT2D eigenvalue weighted by Gasteiger charge is 2.33. The van der Waals surface area contributed by atoms with Crippen LogP contribution in [0.25, 0.3) is 0 Å². The highest BCUT2D eigenvalue weighted by atomic mass is 127. The Bertz CT molecular complexity index is 527. The summed E-state index contributed by atoms with van der Waals surface area (Å²) >= 11 is 0. The largest absolute Gasteiger partial charge is 0.382 e. The molecule has 2 rings (SSSR count). The molecule has 0 unspecified atom stereocenters. The second kappa shape index (κ2) is 11.7. The highest BCUT2D eigenvalue weighted by Crippen LogP contribution is 2.40. The summed E-state index contributed by atoms with van der Waals surface area (Å²) in [6.45, 7) is 7.65. The van der Waals surface area contributed by atoms with E-state index in [0.29, 0.717) is 5.41 Å². The van der Waals surface area contributed by atoms with Crippen LogP contribution in [0.15, 0.2) is 29.3 Å². The molecule has 0 saturated heterocycles. The molecule has 25 heavy (non-hydrogen) atoms. The smallest absolute Gasteiger partial charge is 0.191 e. The van der Waals surface area contributed by atoms with Crippen molar-refractivity contribution in [2.75, 3.05) is 26.8 Å². The van der Waals surface area contributed by atoms with Crippen LogP contribution < -0.4 is 10.6 Å². The molecule has 0 atom stereocenters. The molecule has 4 nitrogen and oxygen atoms in total. The van der Waals surface area contributed by atoms with Crippen LogP contribution >= 0.6 is 24.0 Å². The van der Waals surface area contributed by atoms with E-state index in [1.165, 1.54) is 36.8 Å². The lowest BCUT2D eigenvalue weighted by Gasteiger charge is -2.30. The number of aryl methyl sites for hydroxylation is 1. The topological polar surface area (TPSA) is 45.6 Å². The molecule has 2 N–H and O–H groups in total. The summed E-state index contributed by atoms with van der Waals surface area (Å²) in [6, 6.07) is 8.58. The minimum atomic E-state index is 0. The third kappa shape index (κ3) is 7.52. The molecule has 5 heteroatoms. The zero-order valence-corrected chi connectivity index (χ0v) is 18.3. The van der Waals surface area contributed by atoms with Gasteiger partial charge in [-0.2, -0.15) is 0 Å². The van der Waals surface area contributed by atoms with Crippen molar-refractivity contribution in [3.63, 3.8) is 0 Å². The van der Waals surface area contributed by atoms with Crippen LogP contribution in [0.2, 0.25) is 0 Å². The fourth-order valence-electron chi connectivity index (χ4n) is 3.57. The van der Waals surface area contributed by atoms with E-state index in [1.807, 2.05) is 7.05 Å². The van der Waals surface area contributed by atoms with Crippen LogP contribution in [0.3, 0.4) is 0 Å². The summed E-state index contributed by atoms with van der Waals surface area (Å²) < 4.78 is 5.60. The summed E-state index contributed by atoms with van der Waals surface area (Å²) in [5, 5.41) is 6.98. The monoisotopic (exact) mass is 459 g/mol. The molecule has 0 bridgehead atoms. The van der Waals surface area contributed by atoms with Crippen molar-refractivity contribution in [1.82, 2.24) is 10.6 Å². The number of aliphatic imine (C=N–C) groups is 1. The van der Waals surface area contributed by atoms with Gasteiger partial charge in [-0.1, -0.05) is 42.7 Å². The molecule has 1 aliphatic carbocycles. The molecule has 0 amide bonds. The van der Waals surface area contributed by atoms with E-state index in [1.54, 1.807) is 0 Å². The summed E-state index contributed by atoms with van der Waals surface area (Å²) in [5.74, 6) is 0.888. The molecule has 1 saturated carbocycles. The molecule has 1 aromatic carbocycles. The molecule has 0 heterocycles. The predicted molar refractivity (Wildman–Crippen MR) is 117 cm³/mol. The second-order valence-corrected chi connectivity index (χ2v) is 6.92. The number of halogens is 1. The molecule has 1 aliphatic rings. The van der Waals surface area contributed by atoms with Gasteiger partial charge in [-0.3, -0.25) is 4.99 Å². The van der Waals surface area contributed by atoms with Gasteiger partial charge < -0.3 is 15.4 Å². The van der Waals surface area contributed by atoms with Gasteiger partial charge in [0.2, 0.25) is 0 Å². The fourth-order valence-corrected chi connectivity index (χ4v) is 3.57. The maximum atomic E-state index is 5.60. The van der Waals surface area contributed by atoms with Gasteiger partial charge in [-0.05, 0) is 44.1 Å². The van der Waals surface area contributed by atoms with E-state index in [-0.39, 0.29) is 24.0 Å². The molecule has 1 fully saturated rings. The fraction of sp³-hybridized carbons (Fsp3) is 0.650. The normalized spacial score (nSPS) is 16.4. The quantitative estimate of drug-likeness (QED) is 0.264. The second-order valence-electron chi connectivity index (χ2n) is 6.92. The standard InChI is InChI=1S/C20H33N3O.HI/c1-4-24-13-12-20(10-5-6-11-20)16-23-19(21-3)22-15-18-9-7-8-17(2)14-18;/h7-9,14H,4-6,10-13,15-16H2,1-3H3,(H2,21,22,23);1H. The van der Waals surface area contributed by atoms with E-state index in [9.17, 15) is 0 Å². The predicted octanol–water partition coefficient (Wildman–Crippen LogP) is 4.27. The third-order valence-corrected chi connectivity index (χ3v) is 5.04. The van der Waals surface area contributed by atoms with Crippen molar-refractivity contribution in [2.24, 2.45) is 10.4 Å². The van der Waals surface area contributed by atoms with Gasteiger partial charge in [0.1, 0.15) is 0 Å².